The summed E-state index contributed by atoms with van der Waals surface area (Å²) < 4.78 is 14.2. The molecule has 1 aromatic carbocycles. The second-order valence-corrected chi connectivity index (χ2v) is 5.40. The Morgan fingerprint density at radius 1 is 1.28 bits per heavy atom. The molecule has 0 radical (unpaired) electrons. The fraction of sp³-hybridized carbons (Fsp3) is 0.308. The number of hydrogen-bond donors (Lipinski definition) is 2. The van der Waals surface area contributed by atoms with E-state index in [0.717, 1.165) is 21.6 Å². The molecule has 1 fully saturated rings. The van der Waals surface area contributed by atoms with Crippen LogP contribution < -0.4 is 5.32 Å². The van der Waals surface area contributed by atoms with Gasteiger partial charge in [0.25, 0.3) is 0 Å². The predicted octanol–water partition coefficient (Wildman–Crippen LogP) is 3.21. The van der Waals surface area contributed by atoms with E-state index in [1.807, 2.05) is 24.3 Å². The standard InChI is InChI=1S/C13H13BrFN3/c14-9-3-1-8(2-4-9)12-7-17-13(18-12)11-5-10(15)6-16-11/h1-4,7,10-11,16H,5-6H2,(H,17,18). The van der Waals surface area contributed by atoms with E-state index in [9.17, 15) is 4.39 Å². The molecule has 2 aromatic rings. The van der Waals surface area contributed by atoms with Gasteiger partial charge in [-0.2, -0.15) is 0 Å². The maximum Gasteiger partial charge on any atom is 0.123 e. The smallest absolute Gasteiger partial charge is 0.123 e. The molecule has 3 nitrogen and oxygen atoms in total. The van der Waals surface area contributed by atoms with Crippen molar-refractivity contribution in [1.29, 1.82) is 0 Å². The molecule has 0 bridgehead atoms. The van der Waals surface area contributed by atoms with Crippen LogP contribution in [-0.2, 0) is 0 Å². The van der Waals surface area contributed by atoms with Gasteiger partial charge in [-0.25, -0.2) is 9.37 Å². The number of imidazole rings is 1. The first-order valence-electron chi connectivity index (χ1n) is 5.90. The average Bonchev–Trinajstić information content (AvgIpc) is 2.98. The molecule has 3 rings (SSSR count). The zero-order valence-electron chi connectivity index (χ0n) is 9.66. The highest BCUT2D eigenvalue weighted by Gasteiger charge is 2.26. The summed E-state index contributed by atoms with van der Waals surface area (Å²) in [7, 11) is 0. The van der Waals surface area contributed by atoms with Crippen molar-refractivity contribution in [2.24, 2.45) is 0 Å². The molecule has 1 aromatic heterocycles. The minimum Gasteiger partial charge on any atom is -0.341 e. The molecule has 1 aliphatic heterocycles. The van der Waals surface area contributed by atoms with Crippen LogP contribution in [-0.4, -0.2) is 22.7 Å². The number of nitrogens with one attached hydrogen (secondary N) is 2. The highest BCUT2D eigenvalue weighted by atomic mass is 79.9. The lowest BCUT2D eigenvalue weighted by atomic mass is 10.2. The Morgan fingerprint density at radius 2 is 2.06 bits per heavy atom. The number of alkyl halides is 1. The Labute approximate surface area is 113 Å². The van der Waals surface area contributed by atoms with Crippen LogP contribution in [0.3, 0.4) is 0 Å². The zero-order chi connectivity index (χ0) is 12.5. The lowest BCUT2D eigenvalue weighted by molar-refractivity contribution is 0.355. The van der Waals surface area contributed by atoms with Crippen molar-refractivity contribution in [3.8, 4) is 11.3 Å². The van der Waals surface area contributed by atoms with Gasteiger partial charge in [0.15, 0.2) is 0 Å². The average molecular weight is 310 g/mol. The summed E-state index contributed by atoms with van der Waals surface area (Å²) in [6.07, 6.45) is 1.52. The molecule has 18 heavy (non-hydrogen) atoms. The van der Waals surface area contributed by atoms with Crippen molar-refractivity contribution in [2.75, 3.05) is 6.54 Å². The molecule has 0 aliphatic carbocycles. The van der Waals surface area contributed by atoms with E-state index in [4.69, 9.17) is 0 Å². The molecule has 5 heteroatoms. The number of hydrogen-bond acceptors (Lipinski definition) is 2. The van der Waals surface area contributed by atoms with E-state index >= 15 is 0 Å². The second-order valence-electron chi connectivity index (χ2n) is 4.48. The van der Waals surface area contributed by atoms with Crippen LogP contribution in [0.1, 0.15) is 18.3 Å². The summed E-state index contributed by atoms with van der Waals surface area (Å²) in [6.45, 7) is 0.416. The van der Waals surface area contributed by atoms with Gasteiger partial charge < -0.3 is 10.3 Å². The SMILES string of the molecule is FC1CNC(c2ncc(-c3ccc(Br)cc3)[nH]2)C1. The van der Waals surface area contributed by atoms with Crippen LogP contribution in [0.25, 0.3) is 11.3 Å². The van der Waals surface area contributed by atoms with Crippen LogP contribution in [0.15, 0.2) is 34.9 Å². The molecule has 0 amide bonds. The molecule has 2 atom stereocenters. The molecule has 94 valence electrons. The maximum absolute atomic E-state index is 13.1. The molecule has 0 saturated carbocycles. The van der Waals surface area contributed by atoms with Crippen molar-refractivity contribution in [1.82, 2.24) is 15.3 Å². The number of benzene rings is 1. The van der Waals surface area contributed by atoms with Gasteiger partial charge in [-0.3, -0.25) is 0 Å². The molecule has 2 heterocycles. The van der Waals surface area contributed by atoms with E-state index < -0.39 is 6.17 Å². The topological polar surface area (TPSA) is 40.7 Å². The van der Waals surface area contributed by atoms with Gasteiger partial charge >= 0.3 is 0 Å². The van der Waals surface area contributed by atoms with Crippen LogP contribution in [0.4, 0.5) is 4.39 Å². The summed E-state index contributed by atoms with van der Waals surface area (Å²) in [4.78, 5) is 7.59. The van der Waals surface area contributed by atoms with Gasteiger partial charge in [0.2, 0.25) is 0 Å². The van der Waals surface area contributed by atoms with Crippen molar-refractivity contribution < 1.29 is 4.39 Å². The molecule has 2 unspecified atom stereocenters. The van der Waals surface area contributed by atoms with Crippen LogP contribution in [0.2, 0.25) is 0 Å². The molecule has 0 spiro atoms. The number of halogens is 2. The number of aromatic amines is 1. The number of rotatable bonds is 2. The lowest BCUT2D eigenvalue weighted by Gasteiger charge is -2.05. The van der Waals surface area contributed by atoms with Gasteiger partial charge in [-0.05, 0) is 17.7 Å². The summed E-state index contributed by atoms with van der Waals surface area (Å²) in [5.74, 6) is 0.813. The summed E-state index contributed by atoms with van der Waals surface area (Å²) in [5, 5.41) is 3.12. The summed E-state index contributed by atoms with van der Waals surface area (Å²) in [6, 6.07) is 8.01. The minimum atomic E-state index is -0.767. The monoisotopic (exact) mass is 309 g/mol. The minimum absolute atomic E-state index is 0.00389. The van der Waals surface area contributed by atoms with Gasteiger partial charge in [-0.15, -0.1) is 0 Å². The van der Waals surface area contributed by atoms with Gasteiger partial charge in [-0.1, -0.05) is 28.1 Å². The first-order valence-corrected chi connectivity index (χ1v) is 6.70. The van der Waals surface area contributed by atoms with E-state index in [1.54, 1.807) is 6.20 Å². The number of H-pyrrole nitrogens is 1. The molecular formula is C13H13BrFN3. The van der Waals surface area contributed by atoms with E-state index in [0.29, 0.717) is 13.0 Å². The molecular weight excluding hydrogens is 297 g/mol. The molecule has 2 N–H and O–H groups in total. The zero-order valence-corrected chi connectivity index (χ0v) is 11.2. The molecule has 1 aliphatic rings. The normalized spacial score (nSPS) is 23.4. The van der Waals surface area contributed by atoms with Crippen molar-refractivity contribution in [3.63, 3.8) is 0 Å². The van der Waals surface area contributed by atoms with E-state index in [2.05, 4.69) is 31.2 Å². The second kappa shape index (κ2) is 4.82. The Kier molecular flexibility index (Phi) is 3.18. The highest BCUT2D eigenvalue weighted by molar-refractivity contribution is 9.10. The quantitative estimate of drug-likeness (QED) is 0.894. The van der Waals surface area contributed by atoms with Crippen LogP contribution in [0, 0.1) is 0 Å². The fourth-order valence-electron chi connectivity index (χ4n) is 2.19. The third-order valence-corrected chi connectivity index (χ3v) is 3.69. The first kappa shape index (κ1) is 11.9. The Balaban J connectivity index is 1.83. The maximum atomic E-state index is 13.1. The Morgan fingerprint density at radius 3 is 2.72 bits per heavy atom. The summed E-state index contributed by atoms with van der Waals surface area (Å²) >= 11 is 3.41. The Hall–Kier alpha value is -1.20. The fourth-order valence-corrected chi connectivity index (χ4v) is 2.46. The van der Waals surface area contributed by atoms with Crippen LogP contribution >= 0.6 is 15.9 Å². The van der Waals surface area contributed by atoms with Crippen LogP contribution in [0.5, 0.6) is 0 Å². The summed E-state index contributed by atoms with van der Waals surface area (Å²) in [5.41, 5.74) is 2.04. The van der Waals surface area contributed by atoms with Gasteiger partial charge in [0.1, 0.15) is 12.0 Å². The van der Waals surface area contributed by atoms with Gasteiger partial charge in [0.05, 0.1) is 17.9 Å². The third kappa shape index (κ3) is 2.33. The van der Waals surface area contributed by atoms with E-state index in [1.165, 1.54) is 0 Å². The third-order valence-electron chi connectivity index (χ3n) is 3.16. The predicted molar refractivity (Wildman–Crippen MR) is 72.0 cm³/mol. The lowest BCUT2D eigenvalue weighted by Crippen LogP contribution is -2.14. The Bertz CT molecular complexity index is 537. The molecule has 1 saturated heterocycles. The van der Waals surface area contributed by atoms with E-state index in [-0.39, 0.29) is 6.04 Å². The van der Waals surface area contributed by atoms with Crippen molar-refractivity contribution in [2.45, 2.75) is 18.6 Å². The van der Waals surface area contributed by atoms with Gasteiger partial charge in [0, 0.05) is 17.4 Å². The van der Waals surface area contributed by atoms with Crippen molar-refractivity contribution >= 4 is 15.9 Å². The van der Waals surface area contributed by atoms with Crippen molar-refractivity contribution in [3.05, 3.63) is 40.8 Å². The largest absolute Gasteiger partial charge is 0.341 e. The number of aromatic nitrogens is 2. The highest BCUT2D eigenvalue weighted by Crippen LogP contribution is 2.26. The number of nitrogens with zero attached hydrogens (tertiary/aromatic N) is 1. The first-order chi connectivity index (χ1) is 8.72.